The van der Waals surface area contributed by atoms with E-state index in [0.29, 0.717) is 11.0 Å². The van der Waals surface area contributed by atoms with Crippen molar-refractivity contribution in [2.75, 3.05) is 6.61 Å². The van der Waals surface area contributed by atoms with E-state index in [0.717, 1.165) is 0 Å². The van der Waals surface area contributed by atoms with Crippen LogP contribution in [0.15, 0.2) is 36.9 Å². The number of nitriles is 1. The molecule has 100 valence electrons. The summed E-state index contributed by atoms with van der Waals surface area (Å²) in [5, 5.41) is 9.16. The summed E-state index contributed by atoms with van der Waals surface area (Å²) in [5.74, 6) is -1.93. The lowest BCUT2D eigenvalue weighted by Gasteiger charge is -2.10. The average Bonchev–Trinajstić information content (AvgIpc) is 2.46. The van der Waals surface area contributed by atoms with Crippen molar-refractivity contribution in [2.45, 2.75) is 5.92 Å². The van der Waals surface area contributed by atoms with Crippen molar-refractivity contribution >= 4 is 28.6 Å². The van der Waals surface area contributed by atoms with Gasteiger partial charge in [-0.05, 0) is 12.1 Å². The Balaban J connectivity index is 2.44. The highest BCUT2D eigenvalue weighted by Crippen LogP contribution is 2.24. The number of fused-ring (bicyclic) bond motifs is 1. The topological polar surface area (TPSA) is 75.9 Å². The number of carbonyl (C=O) groups excluding carboxylic acids is 1. The first-order chi connectivity index (χ1) is 9.67. The maximum Gasteiger partial charge on any atom is 0.330 e. The van der Waals surface area contributed by atoms with Gasteiger partial charge in [0.15, 0.2) is 11.1 Å². The Hall–Kier alpha value is -2.45. The van der Waals surface area contributed by atoms with Gasteiger partial charge in [-0.3, -0.25) is 4.79 Å². The molecule has 2 aromatic rings. The van der Waals surface area contributed by atoms with Crippen LogP contribution in [0.1, 0.15) is 11.6 Å². The predicted molar refractivity (Wildman–Crippen MR) is 74.1 cm³/mol. The summed E-state index contributed by atoms with van der Waals surface area (Å²) in [6.07, 6.45) is 1.42. The van der Waals surface area contributed by atoms with E-state index in [1.807, 2.05) is 6.07 Å². The number of benzene rings is 1. The molecule has 0 amide bonds. The molecule has 0 spiro atoms. The summed E-state index contributed by atoms with van der Waals surface area (Å²) >= 11 is 6.00. The Bertz CT molecular complexity index is 709. The van der Waals surface area contributed by atoms with Crippen molar-refractivity contribution in [1.82, 2.24) is 9.97 Å². The molecule has 2 rings (SSSR count). The van der Waals surface area contributed by atoms with E-state index in [1.54, 1.807) is 24.3 Å². The minimum Gasteiger partial charge on any atom is -0.460 e. The molecule has 1 unspecified atom stereocenters. The molecule has 6 heteroatoms. The van der Waals surface area contributed by atoms with Crippen LogP contribution in [-0.2, 0) is 9.53 Å². The molecule has 0 aliphatic carbocycles. The molecule has 1 aromatic heterocycles. The molecule has 0 aliphatic rings. The summed E-state index contributed by atoms with van der Waals surface area (Å²) in [5.41, 5.74) is 1.25. The zero-order valence-corrected chi connectivity index (χ0v) is 11.2. The largest absolute Gasteiger partial charge is 0.460 e. The van der Waals surface area contributed by atoms with Crippen LogP contribution in [-0.4, -0.2) is 22.5 Å². The Kier molecular flexibility index (Phi) is 4.28. The van der Waals surface area contributed by atoms with Crippen molar-refractivity contribution in [2.24, 2.45) is 0 Å². The SMILES string of the molecule is C=CCOC(=O)C(C#N)c1nc2ccccc2nc1Cl. The van der Waals surface area contributed by atoms with Gasteiger partial charge in [-0.2, -0.15) is 5.26 Å². The maximum absolute atomic E-state index is 11.8. The van der Waals surface area contributed by atoms with Crippen molar-refractivity contribution < 1.29 is 9.53 Å². The van der Waals surface area contributed by atoms with Gasteiger partial charge in [0.25, 0.3) is 0 Å². The van der Waals surface area contributed by atoms with Gasteiger partial charge in [0.1, 0.15) is 12.3 Å². The second-order valence-electron chi connectivity index (χ2n) is 3.87. The third kappa shape index (κ3) is 2.76. The number of rotatable bonds is 4. The van der Waals surface area contributed by atoms with Gasteiger partial charge in [0.05, 0.1) is 17.1 Å². The van der Waals surface area contributed by atoms with Crippen molar-refractivity contribution in [1.29, 1.82) is 5.26 Å². The standard InChI is InChI=1S/C14H10ClN3O2/c1-2-7-20-14(19)9(8-16)12-13(15)18-11-6-4-3-5-10(11)17-12/h2-6,9H,1,7H2. The molecule has 0 saturated heterocycles. The maximum atomic E-state index is 11.8. The Morgan fingerprint density at radius 1 is 1.45 bits per heavy atom. The molecule has 20 heavy (non-hydrogen) atoms. The number of carbonyl (C=O) groups is 1. The van der Waals surface area contributed by atoms with Crippen LogP contribution in [0.4, 0.5) is 0 Å². The molecule has 0 fully saturated rings. The Morgan fingerprint density at radius 2 is 2.10 bits per heavy atom. The van der Waals surface area contributed by atoms with Crippen LogP contribution in [0.5, 0.6) is 0 Å². The normalized spacial score (nSPS) is 11.6. The fourth-order valence-corrected chi connectivity index (χ4v) is 1.87. The molecule has 1 aromatic carbocycles. The summed E-state index contributed by atoms with van der Waals surface area (Å²) in [6, 6.07) is 8.89. The Morgan fingerprint density at radius 3 is 2.70 bits per heavy atom. The van der Waals surface area contributed by atoms with Crippen molar-refractivity contribution in [3.8, 4) is 6.07 Å². The summed E-state index contributed by atoms with van der Waals surface area (Å²) in [4.78, 5) is 20.2. The lowest BCUT2D eigenvalue weighted by atomic mass is 10.1. The first kappa shape index (κ1) is 14.0. The predicted octanol–water partition coefficient (Wildman–Crippen LogP) is 2.62. The summed E-state index contributed by atoms with van der Waals surface area (Å²) in [6.45, 7) is 3.46. The van der Waals surface area contributed by atoms with Crippen LogP contribution in [0, 0.1) is 11.3 Å². The van der Waals surface area contributed by atoms with Crippen molar-refractivity contribution in [3.05, 3.63) is 47.8 Å². The smallest absolute Gasteiger partial charge is 0.330 e. The van der Waals surface area contributed by atoms with Crippen LogP contribution in [0.2, 0.25) is 5.15 Å². The summed E-state index contributed by atoms with van der Waals surface area (Å²) in [7, 11) is 0. The number of para-hydroxylation sites is 2. The zero-order chi connectivity index (χ0) is 14.5. The molecular formula is C14H10ClN3O2. The van der Waals surface area contributed by atoms with Crippen LogP contribution in [0.25, 0.3) is 11.0 Å². The third-order valence-corrected chi connectivity index (χ3v) is 2.81. The highest BCUT2D eigenvalue weighted by molar-refractivity contribution is 6.30. The minimum absolute atomic E-state index is 0.0193. The van der Waals surface area contributed by atoms with Gasteiger partial charge in [-0.25, -0.2) is 9.97 Å². The number of ether oxygens (including phenoxy) is 1. The van der Waals surface area contributed by atoms with Gasteiger partial charge >= 0.3 is 5.97 Å². The van der Waals surface area contributed by atoms with Crippen LogP contribution < -0.4 is 0 Å². The van der Waals surface area contributed by atoms with E-state index < -0.39 is 11.9 Å². The van der Waals surface area contributed by atoms with Gasteiger partial charge in [0.2, 0.25) is 0 Å². The molecule has 5 nitrogen and oxygen atoms in total. The number of hydrogen-bond acceptors (Lipinski definition) is 5. The first-order valence-corrected chi connectivity index (χ1v) is 6.14. The highest BCUT2D eigenvalue weighted by Gasteiger charge is 2.27. The molecule has 1 heterocycles. The summed E-state index contributed by atoms with van der Waals surface area (Å²) < 4.78 is 4.86. The molecular weight excluding hydrogens is 278 g/mol. The van der Waals surface area contributed by atoms with E-state index in [1.165, 1.54) is 6.08 Å². The van der Waals surface area contributed by atoms with Crippen molar-refractivity contribution in [3.63, 3.8) is 0 Å². The number of halogens is 1. The number of nitrogens with zero attached hydrogens (tertiary/aromatic N) is 3. The number of esters is 1. The number of hydrogen-bond donors (Lipinski definition) is 0. The average molecular weight is 288 g/mol. The Labute approximate surface area is 120 Å². The van der Waals surface area contributed by atoms with E-state index >= 15 is 0 Å². The monoisotopic (exact) mass is 287 g/mol. The molecule has 0 N–H and O–H groups in total. The van der Waals surface area contributed by atoms with Crippen LogP contribution >= 0.6 is 11.6 Å². The van der Waals surface area contributed by atoms with Crippen LogP contribution in [0.3, 0.4) is 0 Å². The van der Waals surface area contributed by atoms with Gasteiger partial charge in [-0.15, -0.1) is 0 Å². The van der Waals surface area contributed by atoms with E-state index in [4.69, 9.17) is 21.6 Å². The molecule has 0 radical (unpaired) electrons. The quantitative estimate of drug-likeness (QED) is 0.638. The second-order valence-corrected chi connectivity index (χ2v) is 4.23. The second kappa shape index (κ2) is 6.13. The minimum atomic E-state index is -1.21. The highest BCUT2D eigenvalue weighted by atomic mass is 35.5. The first-order valence-electron chi connectivity index (χ1n) is 5.76. The molecule has 0 bridgehead atoms. The molecule has 0 aliphatic heterocycles. The fraction of sp³-hybridized carbons (Fsp3) is 0.143. The molecule has 0 saturated carbocycles. The van der Waals surface area contributed by atoms with Gasteiger partial charge in [0, 0.05) is 0 Å². The van der Waals surface area contributed by atoms with E-state index in [9.17, 15) is 4.79 Å². The lowest BCUT2D eigenvalue weighted by Crippen LogP contribution is -2.17. The lowest BCUT2D eigenvalue weighted by molar-refractivity contribution is -0.142. The fourth-order valence-electron chi connectivity index (χ4n) is 1.63. The van der Waals surface area contributed by atoms with Gasteiger partial charge < -0.3 is 4.74 Å². The third-order valence-electron chi connectivity index (χ3n) is 2.53. The van der Waals surface area contributed by atoms with E-state index in [-0.39, 0.29) is 17.5 Å². The zero-order valence-electron chi connectivity index (χ0n) is 10.4. The molecule has 1 atom stereocenters. The van der Waals surface area contributed by atoms with Gasteiger partial charge in [-0.1, -0.05) is 36.4 Å². The number of aromatic nitrogens is 2. The van der Waals surface area contributed by atoms with E-state index in [2.05, 4.69) is 16.5 Å².